The number of ether oxygens (including phenoxy) is 1. The van der Waals surface area contributed by atoms with Crippen LogP contribution in [0.1, 0.15) is 44.1 Å². The van der Waals surface area contributed by atoms with Gasteiger partial charge in [0, 0.05) is 5.41 Å². The molecular weight excluding hydrogens is 370 g/mol. The first kappa shape index (κ1) is 18.3. The molecule has 2 aromatic rings. The van der Waals surface area contributed by atoms with Gasteiger partial charge in [-0.05, 0) is 83.9 Å². The Morgan fingerprint density at radius 2 is 1.76 bits per heavy atom. The van der Waals surface area contributed by atoms with Crippen molar-refractivity contribution in [2.45, 2.75) is 45.1 Å². The van der Waals surface area contributed by atoms with Gasteiger partial charge in [-0.2, -0.15) is 0 Å². The second-order valence-electron chi connectivity index (χ2n) is 9.21. The van der Waals surface area contributed by atoms with Crippen LogP contribution in [0.25, 0.3) is 0 Å². The molecule has 0 spiro atoms. The summed E-state index contributed by atoms with van der Waals surface area (Å²) in [5.74, 6) is 3.07. The third-order valence-corrected chi connectivity index (χ3v) is 7.09. The summed E-state index contributed by atoms with van der Waals surface area (Å²) in [6.07, 6.45) is 10.0. The average molecular weight is 395 g/mol. The van der Waals surface area contributed by atoms with Crippen LogP contribution in [0.3, 0.4) is 0 Å². The molecule has 0 amide bonds. The lowest BCUT2D eigenvalue weighted by Gasteiger charge is -2.55. The molecule has 4 bridgehead atoms. The van der Waals surface area contributed by atoms with E-state index in [1.54, 1.807) is 4.57 Å². The number of aromatic nitrogens is 2. The highest BCUT2D eigenvalue weighted by molar-refractivity contribution is 5.86. The van der Waals surface area contributed by atoms with Crippen molar-refractivity contribution >= 4 is 11.6 Å². The van der Waals surface area contributed by atoms with Gasteiger partial charge in [0.2, 0.25) is 6.33 Å². The highest BCUT2D eigenvalue weighted by Gasteiger charge is 2.54. The highest BCUT2D eigenvalue weighted by Crippen LogP contribution is 2.60. The van der Waals surface area contributed by atoms with Gasteiger partial charge in [0.25, 0.3) is 0 Å². The fraction of sp³-hybridized carbons (Fsp3) is 0.545. The van der Waals surface area contributed by atoms with Crippen LogP contribution in [0, 0.1) is 33.3 Å². The van der Waals surface area contributed by atoms with Gasteiger partial charge in [-0.1, -0.05) is 12.1 Å². The molecule has 0 N–H and O–H groups in total. The van der Waals surface area contributed by atoms with E-state index >= 15 is 0 Å². The summed E-state index contributed by atoms with van der Waals surface area (Å²) >= 11 is 0. The van der Waals surface area contributed by atoms with E-state index in [0.717, 1.165) is 42.6 Å². The van der Waals surface area contributed by atoms with E-state index in [0.29, 0.717) is 12.3 Å². The van der Waals surface area contributed by atoms with Crippen LogP contribution in [0.4, 0.5) is 5.82 Å². The zero-order chi connectivity index (χ0) is 20.0. The molecule has 6 rings (SSSR count). The normalized spacial score (nSPS) is 29.7. The molecule has 1 heterocycles. The number of hydrogen-bond acceptors (Lipinski definition) is 5. The minimum atomic E-state index is -0.506. The SMILES string of the molecule is O=C(COc1ccc(Cn2cnc([N+](=O)[O-])c2)cc1)C12CC3CC(CC(C3)C1)C2. The number of carbonyl (C=O) groups is 1. The zero-order valence-corrected chi connectivity index (χ0v) is 16.3. The lowest BCUT2D eigenvalue weighted by molar-refractivity contribution is -0.389. The molecule has 29 heavy (non-hydrogen) atoms. The molecule has 1 aromatic carbocycles. The van der Waals surface area contributed by atoms with E-state index in [-0.39, 0.29) is 23.6 Å². The van der Waals surface area contributed by atoms with E-state index in [1.165, 1.54) is 31.8 Å². The van der Waals surface area contributed by atoms with Crippen LogP contribution >= 0.6 is 0 Å². The average Bonchev–Trinajstić information content (AvgIpc) is 3.15. The molecule has 7 heteroatoms. The summed E-state index contributed by atoms with van der Waals surface area (Å²) in [6.45, 7) is 0.645. The smallest absolute Gasteiger partial charge is 0.381 e. The molecule has 152 valence electrons. The first-order chi connectivity index (χ1) is 14.0. The van der Waals surface area contributed by atoms with Crippen molar-refractivity contribution in [1.82, 2.24) is 9.55 Å². The first-order valence-corrected chi connectivity index (χ1v) is 10.4. The number of Topliss-reactive ketones (excluding diaryl/α,β-unsaturated/α-hetero) is 1. The van der Waals surface area contributed by atoms with Crippen molar-refractivity contribution in [2.24, 2.45) is 23.2 Å². The molecule has 1 aromatic heterocycles. The summed E-state index contributed by atoms with van der Waals surface area (Å²) in [6, 6.07) is 7.54. The van der Waals surface area contributed by atoms with Crippen molar-refractivity contribution < 1.29 is 14.5 Å². The molecule has 4 aliphatic carbocycles. The van der Waals surface area contributed by atoms with Crippen LogP contribution in [-0.2, 0) is 11.3 Å². The Morgan fingerprint density at radius 1 is 1.14 bits per heavy atom. The van der Waals surface area contributed by atoms with Crippen LogP contribution in [0.5, 0.6) is 5.75 Å². The molecule has 4 aliphatic rings. The van der Waals surface area contributed by atoms with Gasteiger partial charge in [0.15, 0.2) is 5.78 Å². The van der Waals surface area contributed by atoms with Crippen molar-refractivity contribution in [1.29, 1.82) is 0 Å². The number of carbonyl (C=O) groups excluding carboxylic acids is 1. The maximum Gasteiger partial charge on any atom is 0.381 e. The Kier molecular flexibility index (Phi) is 4.41. The number of nitrogens with zero attached hydrogens (tertiary/aromatic N) is 3. The predicted molar refractivity (Wildman–Crippen MR) is 106 cm³/mol. The predicted octanol–water partition coefficient (Wildman–Crippen LogP) is 4.00. The number of hydrogen-bond donors (Lipinski definition) is 0. The number of nitro groups is 1. The Labute approximate surface area is 169 Å². The lowest BCUT2D eigenvalue weighted by atomic mass is 9.48. The van der Waals surface area contributed by atoms with Crippen LogP contribution in [0.2, 0.25) is 0 Å². The van der Waals surface area contributed by atoms with E-state index in [9.17, 15) is 14.9 Å². The van der Waals surface area contributed by atoms with Gasteiger partial charge in [0.05, 0.1) is 6.54 Å². The Bertz CT molecular complexity index is 899. The lowest BCUT2D eigenvalue weighted by Crippen LogP contribution is -2.51. The largest absolute Gasteiger partial charge is 0.486 e. The van der Waals surface area contributed by atoms with Crippen LogP contribution < -0.4 is 4.74 Å². The molecule has 4 fully saturated rings. The second kappa shape index (κ2) is 6.97. The maximum atomic E-state index is 13.0. The Balaban J connectivity index is 1.18. The number of rotatable bonds is 7. The van der Waals surface area contributed by atoms with Gasteiger partial charge in [-0.3, -0.25) is 4.79 Å². The summed E-state index contributed by atoms with van der Waals surface area (Å²) in [4.78, 5) is 27.0. The third-order valence-electron chi connectivity index (χ3n) is 7.09. The van der Waals surface area contributed by atoms with Crippen molar-refractivity contribution in [2.75, 3.05) is 6.61 Å². The topological polar surface area (TPSA) is 87.3 Å². The van der Waals surface area contributed by atoms with Crippen molar-refractivity contribution in [3.05, 3.63) is 52.5 Å². The van der Waals surface area contributed by atoms with E-state index in [4.69, 9.17) is 4.74 Å². The van der Waals surface area contributed by atoms with E-state index in [1.807, 2.05) is 24.3 Å². The Hall–Kier alpha value is -2.70. The molecule has 0 atom stereocenters. The number of benzene rings is 1. The van der Waals surface area contributed by atoms with Gasteiger partial charge < -0.3 is 19.4 Å². The molecular formula is C22H25N3O4. The van der Waals surface area contributed by atoms with Gasteiger partial charge in [0.1, 0.15) is 18.6 Å². The molecule has 0 aliphatic heterocycles. The Morgan fingerprint density at radius 3 is 2.31 bits per heavy atom. The summed E-state index contributed by atoms with van der Waals surface area (Å²) in [5, 5.41) is 10.7. The zero-order valence-electron chi connectivity index (χ0n) is 16.3. The third kappa shape index (κ3) is 3.54. The summed E-state index contributed by atoms with van der Waals surface area (Å²) in [5.41, 5.74) is 0.863. The monoisotopic (exact) mass is 395 g/mol. The van der Waals surface area contributed by atoms with Crippen LogP contribution in [0.15, 0.2) is 36.8 Å². The standard InChI is InChI=1S/C22H25N3O4/c26-20(22-8-16-5-17(9-22)7-18(6-16)10-22)13-29-19-3-1-15(2-4-19)11-24-12-21(23-14-24)25(27)28/h1-4,12,14,16-18H,5-11,13H2. The van der Waals surface area contributed by atoms with Gasteiger partial charge in [-0.25, -0.2) is 0 Å². The molecule has 0 saturated heterocycles. The van der Waals surface area contributed by atoms with E-state index in [2.05, 4.69) is 4.98 Å². The van der Waals surface area contributed by atoms with E-state index < -0.39 is 4.92 Å². The summed E-state index contributed by atoms with van der Waals surface area (Å²) in [7, 11) is 0. The second-order valence-corrected chi connectivity index (χ2v) is 9.21. The fourth-order valence-corrected chi connectivity index (χ4v) is 6.19. The highest BCUT2D eigenvalue weighted by atomic mass is 16.6. The minimum absolute atomic E-state index is 0.120. The molecule has 0 unspecified atom stereocenters. The van der Waals surface area contributed by atoms with Crippen molar-refractivity contribution in [3.8, 4) is 5.75 Å². The number of ketones is 1. The molecule has 7 nitrogen and oxygen atoms in total. The molecule has 0 radical (unpaired) electrons. The fourth-order valence-electron chi connectivity index (χ4n) is 6.19. The van der Waals surface area contributed by atoms with Gasteiger partial charge in [-0.15, -0.1) is 0 Å². The quantitative estimate of drug-likeness (QED) is 0.522. The number of imidazole rings is 1. The van der Waals surface area contributed by atoms with Gasteiger partial charge >= 0.3 is 5.82 Å². The van der Waals surface area contributed by atoms with Crippen molar-refractivity contribution in [3.63, 3.8) is 0 Å². The summed E-state index contributed by atoms with van der Waals surface area (Å²) < 4.78 is 7.51. The minimum Gasteiger partial charge on any atom is -0.486 e. The first-order valence-electron chi connectivity index (χ1n) is 10.4. The molecule has 4 saturated carbocycles. The maximum absolute atomic E-state index is 13.0. The van der Waals surface area contributed by atoms with Crippen LogP contribution in [-0.4, -0.2) is 26.9 Å².